The van der Waals surface area contributed by atoms with Crippen molar-refractivity contribution in [3.8, 4) is 0 Å². The van der Waals surface area contributed by atoms with Gasteiger partial charge >= 0.3 is 0 Å². The van der Waals surface area contributed by atoms with E-state index >= 15 is 0 Å². The lowest BCUT2D eigenvalue weighted by Crippen LogP contribution is -2.11. The zero-order chi connectivity index (χ0) is 14.7. The molecule has 1 atom stereocenters. The molecule has 0 aliphatic rings. The Balaban J connectivity index is 2.32. The highest BCUT2D eigenvalue weighted by molar-refractivity contribution is 6.32. The molecule has 2 rings (SSSR count). The molecule has 1 aromatic carbocycles. The summed E-state index contributed by atoms with van der Waals surface area (Å²) in [7, 11) is 1.88. The van der Waals surface area contributed by atoms with E-state index in [9.17, 15) is 5.11 Å². The van der Waals surface area contributed by atoms with Crippen LogP contribution < -0.4 is 0 Å². The van der Waals surface area contributed by atoms with Gasteiger partial charge in [0, 0.05) is 18.0 Å². The van der Waals surface area contributed by atoms with E-state index in [-0.39, 0.29) is 12.5 Å². The first-order valence-electron chi connectivity index (χ1n) is 6.64. The number of hydrogen-bond acceptors (Lipinski definition) is 2. The summed E-state index contributed by atoms with van der Waals surface area (Å²) in [6, 6.07) is 7.58. The van der Waals surface area contributed by atoms with E-state index < -0.39 is 0 Å². The monoisotopic (exact) mass is 312 g/mol. The molecule has 3 nitrogen and oxygen atoms in total. The molecule has 0 saturated carbocycles. The van der Waals surface area contributed by atoms with Crippen molar-refractivity contribution in [3.63, 3.8) is 0 Å². The summed E-state index contributed by atoms with van der Waals surface area (Å²) >= 11 is 12.6. The average Bonchev–Trinajstić information content (AvgIpc) is 2.72. The summed E-state index contributed by atoms with van der Waals surface area (Å²) in [5, 5.41) is 15.4. The topological polar surface area (TPSA) is 38.0 Å². The minimum absolute atomic E-state index is 0.0205. The van der Waals surface area contributed by atoms with Crippen LogP contribution in [0.15, 0.2) is 24.3 Å². The van der Waals surface area contributed by atoms with Gasteiger partial charge in [-0.15, -0.1) is 0 Å². The van der Waals surface area contributed by atoms with E-state index in [1.165, 1.54) is 0 Å². The van der Waals surface area contributed by atoms with E-state index in [4.69, 9.17) is 23.2 Å². The molecule has 108 valence electrons. The second-order valence-corrected chi connectivity index (χ2v) is 5.57. The van der Waals surface area contributed by atoms with Crippen LogP contribution in [0.1, 0.15) is 29.8 Å². The highest BCUT2D eigenvalue weighted by Gasteiger charge is 2.20. The maximum atomic E-state index is 9.68. The van der Waals surface area contributed by atoms with Gasteiger partial charge in [-0.25, -0.2) is 0 Å². The van der Waals surface area contributed by atoms with Gasteiger partial charge in [0.25, 0.3) is 0 Å². The molecule has 0 bridgehead atoms. The fraction of sp³-hybridized carbons (Fsp3) is 0.400. The van der Waals surface area contributed by atoms with Crippen molar-refractivity contribution < 1.29 is 5.11 Å². The number of hydrogen-bond donors (Lipinski definition) is 1. The first-order chi connectivity index (χ1) is 9.58. The fourth-order valence-corrected chi connectivity index (χ4v) is 3.01. The quantitative estimate of drug-likeness (QED) is 0.916. The van der Waals surface area contributed by atoms with E-state index in [1.54, 1.807) is 4.68 Å². The molecule has 20 heavy (non-hydrogen) atoms. The minimum Gasteiger partial charge on any atom is -0.396 e. The van der Waals surface area contributed by atoms with Gasteiger partial charge in [0.15, 0.2) is 0 Å². The first-order valence-corrected chi connectivity index (χ1v) is 7.39. The fourth-order valence-electron chi connectivity index (χ4n) is 2.35. The highest BCUT2D eigenvalue weighted by atomic mass is 35.5. The van der Waals surface area contributed by atoms with Crippen LogP contribution in [-0.4, -0.2) is 21.5 Å². The van der Waals surface area contributed by atoms with Crippen molar-refractivity contribution in [2.24, 2.45) is 7.05 Å². The van der Waals surface area contributed by atoms with Crippen molar-refractivity contribution in [1.29, 1.82) is 0 Å². The van der Waals surface area contributed by atoms with Gasteiger partial charge in [-0.05, 0) is 24.5 Å². The van der Waals surface area contributed by atoms with E-state index in [0.717, 1.165) is 23.4 Å². The smallest absolute Gasteiger partial charge is 0.0849 e. The zero-order valence-electron chi connectivity index (χ0n) is 11.6. The molecule has 1 heterocycles. The molecule has 0 amide bonds. The summed E-state index contributed by atoms with van der Waals surface area (Å²) in [5.41, 5.74) is 2.76. The molecule has 1 N–H and O–H groups in total. The van der Waals surface area contributed by atoms with Gasteiger partial charge in [0.05, 0.1) is 23.0 Å². The van der Waals surface area contributed by atoms with Crippen molar-refractivity contribution in [2.75, 3.05) is 6.61 Å². The van der Waals surface area contributed by atoms with Crippen molar-refractivity contribution in [1.82, 2.24) is 9.78 Å². The SMILES string of the molecule is CCc1nn(C)c(CC(CO)c2ccccc2Cl)c1Cl. The Bertz CT molecular complexity index is 596. The summed E-state index contributed by atoms with van der Waals surface area (Å²) in [6.45, 7) is 2.04. The molecule has 2 aromatic rings. The lowest BCUT2D eigenvalue weighted by atomic mass is 9.94. The molecule has 1 unspecified atom stereocenters. The Kier molecular flexibility index (Phi) is 5.08. The van der Waals surface area contributed by atoms with Crippen LogP contribution in [0.3, 0.4) is 0 Å². The molecule has 0 radical (unpaired) electrons. The molecule has 0 fully saturated rings. The minimum atomic E-state index is -0.0821. The second-order valence-electron chi connectivity index (χ2n) is 4.79. The summed E-state index contributed by atoms with van der Waals surface area (Å²) in [4.78, 5) is 0. The van der Waals surface area contributed by atoms with E-state index in [2.05, 4.69) is 5.10 Å². The van der Waals surface area contributed by atoms with Gasteiger partial charge in [-0.3, -0.25) is 4.68 Å². The molecular weight excluding hydrogens is 295 g/mol. The normalized spacial score (nSPS) is 12.7. The molecule has 0 saturated heterocycles. The van der Waals surface area contributed by atoms with Gasteiger partial charge in [0.2, 0.25) is 0 Å². The predicted octanol–water partition coefficient (Wildman–Crippen LogP) is 3.61. The Morgan fingerprint density at radius 3 is 2.55 bits per heavy atom. The molecule has 1 aromatic heterocycles. The number of aliphatic hydroxyl groups excluding tert-OH is 1. The molecular formula is C15H18Cl2N2O. The average molecular weight is 313 g/mol. The number of benzene rings is 1. The molecule has 5 heteroatoms. The summed E-state index contributed by atoms with van der Waals surface area (Å²) in [6.07, 6.45) is 1.41. The maximum absolute atomic E-state index is 9.68. The number of halogens is 2. The number of aliphatic hydroxyl groups is 1. The lowest BCUT2D eigenvalue weighted by Gasteiger charge is -2.16. The van der Waals surface area contributed by atoms with Crippen LogP contribution in [0.25, 0.3) is 0 Å². The van der Waals surface area contributed by atoms with Crippen LogP contribution in [-0.2, 0) is 19.9 Å². The Labute approximate surface area is 129 Å². The summed E-state index contributed by atoms with van der Waals surface area (Å²) in [5.74, 6) is -0.0821. The Morgan fingerprint density at radius 1 is 1.30 bits per heavy atom. The van der Waals surface area contributed by atoms with E-state index in [0.29, 0.717) is 16.5 Å². The number of aromatic nitrogens is 2. The van der Waals surface area contributed by atoms with Crippen molar-refractivity contribution >= 4 is 23.2 Å². The third kappa shape index (κ3) is 3.00. The molecule has 0 aliphatic carbocycles. The molecule has 0 aliphatic heterocycles. The van der Waals surface area contributed by atoms with Crippen LogP contribution in [0.5, 0.6) is 0 Å². The number of rotatable bonds is 5. The number of nitrogens with zero attached hydrogens (tertiary/aromatic N) is 2. The van der Waals surface area contributed by atoms with Gasteiger partial charge in [-0.1, -0.05) is 48.3 Å². The highest BCUT2D eigenvalue weighted by Crippen LogP contribution is 2.30. The third-order valence-electron chi connectivity index (χ3n) is 3.51. The lowest BCUT2D eigenvalue weighted by molar-refractivity contribution is 0.263. The van der Waals surface area contributed by atoms with Crippen LogP contribution in [0.4, 0.5) is 0 Å². The van der Waals surface area contributed by atoms with Crippen LogP contribution >= 0.6 is 23.2 Å². The van der Waals surface area contributed by atoms with Gasteiger partial charge in [0.1, 0.15) is 0 Å². The predicted molar refractivity (Wildman–Crippen MR) is 82.6 cm³/mol. The zero-order valence-corrected chi connectivity index (χ0v) is 13.1. The van der Waals surface area contributed by atoms with E-state index in [1.807, 2.05) is 38.2 Å². The Hall–Kier alpha value is -1.03. The van der Waals surface area contributed by atoms with Crippen molar-refractivity contribution in [2.45, 2.75) is 25.7 Å². The van der Waals surface area contributed by atoms with Gasteiger partial charge < -0.3 is 5.11 Å². The summed E-state index contributed by atoms with van der Waals surface area (Å²) < 4.78 is 1.79. The standard InChI is InChI=1S/C15H18Cl2N2O/c1-3-13-15(17)14(19(2)18-13)8-10(9-20)11-6-4-5-7-12(11)16/h4-7,10,20H,3,8-9H2,1-2H3. The number of aryl methyl sites for hydroxylation is 2. The van der Waals surface area contributed by atoms with Crippen LogP contribution in [0, 0.1) is 0 Å². The van der Waals surface area contributed by atoms with Gasteiger partial charge in [-0.2, -0.15) is 5.10 Å². The van der Waals surface area contributed by atoms with Crippen LogP contribution in [0.2, 0.25) is 10.0 Å². The Morgan fingerprint density at radius 2 is 2.00 bits per heavy atom. The molecule has 0 spiro atoms. The first kappa shape index (κ1) is 15.4. The second kappa shape index (κ2) is 6.61. The third-order valence-corrected chi connectivity index (χ3v) is 4.29. The maximum Gasteiger partial charge on any atom is 0.0849 e. The largest absolute Gasteiger partial charge is 0.396 e. The van der Waals surface area contributed by atoms with Crippen molar-refractivity contribution in [3.05, 3.63) is 51.3 Å².